The van der Waals surface area contributed by atoms with E-state index in [0.717, 1.165) is 42.3 Å². The van der Waals surface area contributed by atoms with E-state index < -0.39 is 0 Å². The Hall–Kier alpha value is -2.24. The number of hydrogen-bond donors (Lipinski definition) is 2. The first-order valence-corrected chi connectivity index (χ1v) is 6.93. The van der Waals surface area contributed by atoms with Gasteiger partial charge >= 0.3 is 0 Å². The molecule has 2 aromatic rings. The minimum Gasteiger partial charge on any atom is -0.370 e. The van der Waals surface area contributed by atoms with Crippen LogP contribution in [0.3, 0.4) is 0 Å². The number of nitrogens with one attached hydrogen (secondary N) is 2. The average Bonchev–Trinajstić information content (AvgIpc) is 2.49. The molecule has 106 valence electrons. The Labute approximate surface area is 119 Å². The average molecular weight is 272 g/mol. The number of aromatic nitrogens is 4. The Morgan fingerprint density at radius 1 is 1.10 bits per heavy atom. The van der Waals surface area contributed by atoms with Crippen molar-refractivity contribution in [2.75, 3.05) is 17.2 Å². The zero-order valence-electron chi connectivity index (χ0n) is 11.9. The molecule has 2 aromatic heterocycles. The molecule has 6 nitrogen and oxygen atoms in total. The Morgan fingerprint density at radius 2 is 1.90 bits per heavy atom. The van der Waals surface area contributed by atoms with E-state index in [4.69, 9.17) is 0 Å². The highest BCUT2D eigenvalue weighted by atomic mass is 15.1. The number of rotatable bonds is 7. The summed E-state index contributed by atoms with van der Waals surface area (Å²) in [4.78, 5) is 8.66. The summed E-state index contributed by atoms with van der Waals surface area (Å²) in [5.74, 6) is 1.77. The predicted molar refractivity (Wildman–Crippen MR) is 79.5 cm³/mol. The first kappa shape index (κ1) is 14.2. The van der Waals surface area contributed by atoms with E-state index in [9.17, 15) is 0 Å². The molecule has 0 aliphatic heterocycles. The third-order valence-corrected chi connectivity index (χ3v) is 2.85. The Bertz CT molecular complexity index is 528. The van der Waals surface area contributed by atoms with Crippen molar-refractivity contribution in [2.45, 2.75) is 33.2 Å². The van der Waals surface area contributed by atoms with Crippen LogP contribution < -0.4 is 10.6 Å². The van der Waals surface area contributed by atoms with Gasteiger partial charge in [-0.2, -0.15) is 10.2 Å². The van der Waals surface area contributed by atoms with Gasteiger partial charge in [-0.25, -0.2) is 9.97 Å². The van der Waals surface area contributed by atoms with Crippen LogP contribution in [0.2, 0.25) is 0 Å². The quantitative estimate of drug-likeness (QED) is 0.805. The molecule has 2 heterocycles. The van der Waals surface area contributed by atoms with Gasteiger partial charge in [-0.05, 0) is 25.5 Å². The van der Waals surface area contributed by atoms with Gasteiger partial charge in [0, 0.05) is 18.3 Å². The molecule has 0 bridgehead atoms. The van der Waals surface area contributed by atoms with E-state index in [2.05, 4.69) is 44.6 Å². The first-order valence-electron chi connectivity index (χ1n) is 6.93. The van der Waals surface area contributed by atoms with E-state index in [0.29, 0.717) is 6.54 Å². The van der Waals surface area contributed by atoms with Crippen molar-refractivity contribution in [2.24, 2.45) is 0 Å². The fraction of sp³-hybridized carbons (Fsp3) is 0.429. The van der Waals surface area contributed by atoms with E-state index in [1.807, 2.05) is 12.1 Å². The van der Waals surface area contributed by atoms with Gasteiger partial charge < -0.3 is 10.6 Å². The van der Waals surface area contributed by atoms with Gasteiger partial charge in [-0.3, -0.25) is 0 Å². The second kappa shape index (κ2) is 7.37. The maximum Gasteiger partial charge on any atom is 0.135 e. The maximum atomic E-state index is 4.34. The van der Waals surface area contributed by atoms with Crippen molar-refractivity contribution in [3.63, 3.8) is 0 Å². The molecule has 0 aromatic carbocycles. The van der Waals surface area contributed by atoms with Crippen LogP contribution in [0.4, 0.5) is 11.6 Å². The minimum absolute atomic E-state index is 0.604. The predicted octanol–water partition coefficient (Wildman–Crippen LogP) is 2.26. The molecule has 2 N–H and O–H groups in total. The van der Waals surface area contributed by atoms with Gasteiger partial charge in [0.25, 0.3) is 0 Å². The zero-order valence-corrected chi connectivity index (χ0v) is 11.9. The Morgan fingerprint density at radius 3 is 2.55 bits per heavy atom. The first-order chi connectivity index (χ1) is 9.85. The van der Waals surface area contributed by atoms with Crippen LogP contribution >= 0.6 is 0 Å². The van der Waals surface area contributed by atoms with Gasteiger partial charge in [0.15, 0.2) is 0 Å². The monoisotopic (exact) mass is 272 g/mol. The van der Waals surface area contributed by atoms with Crippen molar-refractivity contribution < 1.29 is 0 Å². The summed E-state index contributed by atoms with van der Waals surface area (Å²) in [5.41, 5.74) is 2.01. The zero-order chi connectivity index (χ0) is 14.2. The molecular formula is C14H20N6. The SMILES string of the molecule is CCCc1c(NCC)ncnc1NCc1cccnn1. The second-order valence-electron chi connectivity index (χ2n) is 4.40. The topological polar surface area (TPSA) is 75.6 Å². The summed E-state index contributed by atoms with van der Waals surface area (Å²) >= 11 is 0. The van der Waals surface area contributed by atoms with Crippen LogP contribution in [0.15, 0.2) is 24.7 Å². The van der Waals surface area contributed by atoms with Gasteiger partial charge in [-0.15, -0.1) is 0 Å². The van der Waals surface area contributed by atoms with Gasteiger partial charge in [0.05, 0.1) is 12.2 Å². The normalized spacial score (nSPS) is 10.3. The standard InChI is InChI=1S/C14H20N6/c1-3-6-12-13(15-4-2)17-10-18-14(12)16-9-11-7-5-8-19-20-11/h5,7-8,10H,3-4,6,9H2,1-2H3,(H2,15,16,17,18). The van der Waals surface area contributed by atoms with Crippen molar-refractivity contribution >= 4 is 11.6 Å². The molecule has 0 saturated carbocycles. The van der Waals surface area contributed by atoms with Gasteiger partial charge in [0.1, 0.15) is 18.0 Å². The summed E-state index contributed by atoms with van der Waals surface area (Å²) in [6, 6.07) is 3.81. The molecule has 0 fully saturated rings. The fourth-order valence-electron chi connectivity index (χ4n) is 1.97. The van der Waals surface area contributed by atoms with Crippen molar-refractivity contribution in [3.05, 3.63) is 35.9 Å². The lowest BCUT2D eigenvalue weighted by Crippen LogP contribution is -2.10. The highest BCUT2D eigenvalue weighted by Crippen LogP contribution is 2.21. The van der Waals surface area contributed by atoms with Crippen LogP contribution in [-0.2, 0) is 13.0 Å². The molecular weight excluding hydrogens is 252 g/mol. The lowest BCUT2D eigenvalue weighted by molar-refractivity contribution is 0.883. The smallest absolute Gasteiger partial charge is 0.135 e. The molecule has 0 aliphatic rings. The molecule has 0 atom stereocenters. The highest BCUT2D eigenvalue weighted by Gasteiger charge is 2.10. The van der Waals surface area contributed by atoms with Gasteiger partial charge in [0.2, 0.25) is 0 Å². The van der Waals surface area contributed by atoms with Crippen molar-refractivity contribution in [3.8, 4) is 0 Å². The lowest BCUT2D eigenvalue weighted by atomic mass is 10.1. The van der Waals surface area contributed by atoms with Crippen molar-refractivity contribution in [1.82, 2.24) is 20.2 Å². The van der Waals surface area contributed by atoms with Crippen LogP contribution in [-0.4, -0.2) is 26.7 Å². The van der Waals surface area contributed by atoms with E-state index in [1.54, 1.807) is 12.5 Å². The molecule has 6 heteroatoms. The van der Waals surface area contributed by atoms with Crippen LogP contribution in [0.5, 0.6) is 0 Å². The third-order valence-electron chi connectivity index (χ3n) is 2.85. The van der Waals surface area contributed by atoms with E-state index in [1.165, 1.54) is 0 Å². The summed E-state index contributed by atoms with van der Waals surface area (Å²) in [5, 5.41) is 14.5. The van der Waals surface area contributed by atoms with Crippen LogP contribution in [0, 0.1) is 0 Å². The maximum absolute atomic E-state index is 4.34. The largest absolute Gasteiger partial charge is 0.370 e. The summed E-state index contributed by atoms with van der Waals surface area (Å²) in [6.45, 7) is 5.66. The second-order valence-corrected chi connectivity index (χ2v) is 4.40. The van der Waals surface area contributed by atoms with E-state index >= 15 is 0 Å². The molecule has 0 spiro atoms. The Kier molecular flexibility index (Phi) is 5.23. The molecule has 0 amide bonds. The lowest BCUT2D eigenvalue weighted by Gasteiger charge is -2.14. The Balaban J connectivity index is 2.15. The molecule has 0 radical (unpaired) electrons. The number of hydrogen-bond acceptors (Lipinski definition) is 6. The minimum atomic E-state index is 0.604. The molecule has 0 aliphatic carbocycles. The fourth-order valence-corrected chi connectivity index (χ4v) is 1.97. The molecule has 20 heavy (non-hydrogen) atoms. The summed E-state index contributed by atoms with van der Waals surface area (Å²) in [7, 11) is 0. The number of anilines is 2. The van der Waals surface area contributed by atoms with E-state index in [-0.39, 0.29) is 0 Å². The summed E-state index contributed by atoms with van der Waals surface area (Å²) < 4.78 is 0. The molecule has 0 saturated heterocycles. The highest BCUT2D eigenvalue weighted by molar-refractivity contribution is 5.57. The van der Waals surface area contributed by atoms with Gasteiger partial charge in [-0.1, -0.05) is 13.3 Å². The third kappa shape index (κ3) is 3.63. The van der Waals surface area contributed by atoms with Crippen molar-refractivity contribution in [1.29, 1.82) is 0 Å². The van der Waals surface area contributed by atoms with Crippen LogP contribution in [0.25, 0.3) is 0 Å². The molecule has 0 unspecified atom stereocenters. The summed E-state index contributed by atoms with van der Waals surface area (Å²) in [6.07, 6.45) is 5.23. The van der Waals surface area contributed by atoms with Crippen LogP contribution in [0.1, 0.15) is 31.5 Å². The molecule has 2 rings (SSSR count). The number of nitrogens with zero attached hydrogens (tertiary/aromatic N) is 4.